The van der Waals surface area contributed by atoms with Crippen molar-refractivity contribution in [1.82, 2.24) is 39.5 Å². The SMILES string of the molecule is O=[N+]([O-])c1ccc(CC2CN(Cc3ccccn3)CCN(Cc3ccccn3)CCN(Cc3ccccn3)CCN2Cc2ccccn2)cc1. The van der Waals surface area contributed by atoms with Crippen LogP contribution < -0.4 is 0 Å². The molecule has 258 valence electrons. The van der Waals surface area contributed by atoms with Gasteiger partial charge in [-0.15, -0.1) is 0 Å². The number of rotatable bonds is 11. The van der Waals surface area contributed by atoms with Crippen LogP contribution in [-0.2, 0) is 32.6 Å². The van der Waals surface area contributed by atoms with Crippen LogP contribution in [0.1, 0.15) is 28.3 Å². The lowest BCUT2D eigenvalue weighted by molar-refractivity contribution is -0.384. The molecule has 1 saturated heterocycles. The van der Waals surface area contributed by atoms with Crippen LogP contribution in [0.25, 0.3) is 0 Å². The molecule has 11 heteroatoms. The predicted molar refractivity (Wildman–Crippen MR) is 194 cm³/mol. The zero-order valence-electron chi connectivity index (χ0n) is 28.5. The molecule has 1 aromatic carbocycles. The second-order valence-corrected chi connectivity index (χ2v) is 12.8. The Labute approximate surface area is 294 Å². The van der Waals surface area contributed by atoms with Gasteiger partial charge in [0.2, 0.25) is 0 Å². The average Bonchev–Trinajstić information content (AvgIpc) is 3.15. The van der Waals surface area contributed by atoms with E-state index in [9.17, 15) is 10.1 Å². The molecule has 5 heterocycles. The predicted octanol–water partition coefficient (Wildman–Crippen LogP) is 5.11. The van der Waals surface area contributed by atoms with Crippen molar-refractivity contribution in [2.24, 2.45) is 0 Å². The number of nitro benzene ring substituents is 1. The van der Waals surface area contributed by atoms with Gasteiger partial charge in [-0.3, -0.25) is 49.6 Å². The van der Waals surface area contributed by atoms with Crippen molar-refractivity contribution in [2.75, 3.05) is 45.8 Å². The number of benzene rings is 1. The highest BCUT2D eigenvalue weighted by Crippen LogP contribution is 2.19. The molecule has 0 aliphatic carbocycles. The first-order valence-electron chi connectivity index (χ1n) is 17.3. The van der Waals surface area contributed by atoms with Crippen LogP contribution in [-0.4, -0.2) is 96.3 Å². The summed E-state index contributed by atoms with van der Waals surface area (Å²) >= 11 is 0. The Hall–Kier alpha value is -4.94. The van der Waals surface area contributed by atoms with Gasteiger partial charge in [-0.1, -0.05) is 36.4 Å². The highest BCUT2D eigenvalue weighted by molar-refractivity contribution is 5.33. The monoisotopic (exact) mass is 671 g/mol. The summed E-state index contributed by atoms with van der Waals surface area (Å²) in [6.45, 7) is 8.89. The summed E-state index contributed by atoms with van der Waals surface area (Å²) in [5.41, 5.74) is 5.33. The van der Waals surface area contributed by atoms with Crippen LogP contribution in [0.5, 0.6) is 0 Å². The van der Waals surface area contributed by atoms with Crippen LogP contribution >= 0.6 is 0 Å². The van der Waals surface area contributed by atoms with Crippen molar-refractivity contribution in [2.45, 2.75) is 38.6 Å². The van der Waals surface area contributed by atoms with Crippen LogP contribution in [0.4, 0.5) is 5.69 Å². The van der Waals surface area contributed by atoms with Crippen LogP contribution in [0.3, 0.4) is 0 Å². The van der Waals surface area contributed by atoms with Crippen LogP contribution in [0.2, 0.25) is 0 Å². The Morgan fingerprint density at radius 3 is 1.40 bits per heavy atom. The summed E-state index contributed by atoms with van der Waals surface area (Å²) in [5, 5.41) is 11.5. The Morgan fingerprint density at radius 1 is 0.540 bits per heavy atom. The summed E-state index contributed by atoms with van der Waals surface area (Å²) < 4.78 is 0. The van der Waals surface area contributed by atoms with Crippen LogP contribution in [0.15, 0.2) is 122 Å². The number of aromatic nitrogens is 4. The lowest BCUT2D eigenvalue weighted by Gasteiger charge is -2.39. The Kier molecular flexibility index (Phi) is 12.7. The van der Waals surface area contributed by atoms with Crippen molar-refractivity contribution >= 4 is 5.69 Å². The molecule has 11 nitrogen and oxygen atoms in total. The maximum atomic E-state index is 11.5. The van der Waals surface area contributed by atoms with Crippen molar-refractivity contribution in [3.05, 3.63) is 160 Å². The fourth-order valence-electron chi connectivity index (χ4n) is 6.50. The van der Waals surface area contributed by atoms with E-state index in [1.807, 2.05) is 73.3 Å². The third kappa shape index (κ3) is 10.8. The van der Waals surface area contributed by atoms with E-state index in [2.05, 4.69) is 66.0 Å². The highest BCUT2D eigenvalue weighted by atomic mass is 16.6. The fourth-order valence-corrected chi connectivity index (χ4v) is 6.50. The number of pyridine rings is 4. The maximum absolute atomic E-state index is 11.5. The lowest BCUT2D eigenvalue weighted by Crippen LogP contribution is -2.50. The molecule has 1 atom stereocenters. The molecule has 0 amide bonds. The molecule has 1 unspecified atom stereocenters. The van der Waals surface area contributed by atoms with E-state index in [1.54, 1.807) is 12.1 Å². The van der Waals surface area contributed by atoms with Gasteiger partial charge in [0.05, 0.1) is 27.7 Å². The van der Waals surface area contributed by atoms with Crippen molar-refractivity contribution in [3.63, 3.8) is 0 Å². The molecule has 1 aliphatic heterocycles. The number of non-ortho nitro benzene ring substituents is 1. The van der Waals surface area contributed by atoms with Gasteiger partial charge < -0.3 is 0 Å². The molecule has 0 spiro atoms. The van der Waals surface area contributed by atoms with E-state index >= 15 is 0 Å². The van der Waals surface area contributed by atoms with Gasteiger partial charge in [0.15, 0.2) is 0 Å². The Morgan fingerprint density at radius 2 is 0.960 bits per heavy atom. The summed E-state index contributed by atoms with van der Waals surface area (Å²) in [4.78, 5) is 39.9. The molecule has 0 N–H and O–H groups in total. The minimum Gasteiger partial charge on any atom is -0.295 e. The maximum Gasteiger partial charge on any atom is 0.269 e. The third-order valence-corrected chi connectivity index (χ3v) is 9.20. The molecule has 0 radical (unpaired) electrons. The topological polar surface area (TPSA) is 108 Å². The zero-order valence-corrected chi connectivity index (χ0v) is 28.5. The van der Waals surface area contributed by atoms with Gasteiger partial charge in [0.25, 0.3) is 5.69 Å². The summed E-state index contributed by atoms with van der Waals surface area (Å²) in [6, 6.07) is 31.5. The van der Waals surface area contributed by atoms with E-state index in [-0.39, 0.29) is 16.7 Å². The molecule has 50 heavy (non-hydrogen) atoms. The van der Waals surface area contributed by atoms with Crippen molar-refractivity contribution in [3.8, 4) is 0 Å². The summed E-state index contributed by atoms with van der Waals surface area (Å²) in [7, 11) is 0. The smallest absolute Gasteiger partial charge is 0.269 e. The Bertz CT molecular complexity index is 1720. The summed E-state index contributed by atoms with van der Waals surface area (Å²) in [6.07, 6.45) is 8.18. The minimum absolute atomic E-state index is 0.0996. The minimum atomic E-state index is -0.339. The molecule has 5 aromatic rings. The second kappa shape index (κ2) is 18.2. The molecule has 1 aliphatic rings. The summed E-state index contributed by atoms with van der Waals surface area (Å²) in [5.74, 6) is 0. The molecule has 0 saturated carbocycles. The molecular formula is C39H45N9O2. The molecular weight excluding hydrogens is 626 g/mol. The highest BCUT2D eigenvalue weighted by Gasteiger charge is 2.26. The van der Waals surface area contributed by atoms with E-state index in [0.717, 1.165) is 100 Å². The molecule has 0 bridgehead atoms. The normalized spacial score (nSPS) is 17.5. The van der Waals surface area contributed by atoms with E-state index in [1.165, 1.54) is 0 Å². The van der Waals surface area contributed by atoms with Gasteiger partial charge in [0, 0.05) is 115 Å². The number of nitro groups is 1. The van der Waals surface area contributed by atoms with Crippen molar-refractivity contribution < 1.29 is 4.92 Å². The van der Waals surface area contributed by atoms with Gasteiger partial charge in [-0.05, 0) is 60.5 Å². The fraction of sp³-hybridized carbons (Fsp3) is 0.333. The average molecular weight is 672 g/mol. The molecule has 4 aromatic heterocycles. The van der Waals surface area contributed by atoms with E-state index in [4.69, 9.17) is 9.97 Å². The first-order valence-corrected chi connectivity index (χ1v) is 17.3. The first kappa shape index (κ1) is 34.9. The van der Waals surface area contributed by atoms with Gasteiger partial charge in [-0.25, -0.2) is 0 Å². The Balaban J connectivity index is 1.33. The van der Waals surface area contributed by atoms with Gasteiger partial charge >= 0.3 is 0 Å². The third-order valence-electron chi connectivity index (χ3n) is 9.20. The number of nitrogens with zero attached hydrogens (tertiary/aromatic N) is 9. The van der Waals surface area contributed by atoms with Crippen molar-refractivity contribution in [1.29, 1.82) is 0 Å². The van der Waals surface area contributed by atoms with Gasteiger partial charge in [0.1, 0.15) is 0 Å². The molecule has 6 rings (SSSR count). The second-order valence-electron chi connectivity index (χ2n) is 12.8. The standard InChI is InChI=1S/C39H45N9O2/c49-48(50)38-15-13-33(14-16-38)27-39-32-46(30-36-11-3-7-19-42-36)24-23-44(28-34-9-1-5-17-40-34)21-22-45(29-35-10-2-6-18-41-35)25-26-47(39)31-37-12-4-8-20-43-37/h1-20,39H,21-32H2. The van der Waals surface area contributed by atoms with Crippen LogP contribution in [0, 0.1) is 10.1 Å². The van der Waals surface area contributed by atoms with Gasteiger partial charge in [-0.2, -0.15) is 0 Å². The van der Waals surface area contributed by atoms with E-state index in [0.29, 0.717) is 6.54 Å². The first-order chi connectivity index (χ1) is 24.6. The zero-order chi connectivity index (χ0) is 34.4. The number of hydrogen-bond acceptors (Lipinski definition) is 10. The molecule has 1 fully saturated rings. The number of hydrogen-bond donors (Lipinski definition) is 0. The lowest BCUT2D eigenvalue weighted by atomic mass is 10.0. The van der Waals surface area contributed by atoms with E-state index < -0.39 is 0 Å². The quantitative estimate of drug-likeness (QED) is 0.139. The largest absolute Gasteiger partial charge is 0.295 e.